The summed E-state index contributed by atoms with van der Waals surface area (Å²) in [5, 5.41) is 8.43. The summed E-state index contributed by atoms with van der Waals surface area (Å²) in [7, 11) is 0. The zero-order valence-corrected chi connectivity index (χ0v) is 16.3. The summed E-state index contributed by atoms with van der Waals surface area (Å²) >= 11 is 0. The molecule has 3 rings (SSSR count). The van der Waals surface area contributed by atoms with Crippen molar-refractivity contribution in [3.8, 4) is 0 Å². The molecule has 3 N–H and O–H groups in total. The predicted octanol–water partition coefficient (Wildman–Crippen LogP) is 4.13. The Labute approximate surface area is 164 Å². The third-order valence-electron chi connectivity index (χ3n) is 4.89. The van der Waals surface area contributed by atoms with Gasteiger partial charge in [-0.2, -0.15) is 0 Å². The number of rotatable bonds is 6. The molecule has 0 aliphatic heterocycles. The van der Waals surface area contributed by atoms with E-state index in [4.69, 9.17) is 0 Å². The van der Waals surface area contributed by atoms with E-state index >= 15 is 0 Å². The average molecular weight is 379 g/mol. The van der Waals surface area contributed by atoms with Crippen LogP contribution in [0.15, 0.2) is 48.5 Å². The Bertz CT molecular complexity index is 917. The number of hydrogen-bond donors (Lipinski definition) is 3. The molecule has 0 unspecified atom stereocenters. The Morgan fingerprint density at radius 1 is 0.857 bits per heavy atom. The molecule has 2 aromatic rings. The normalized spacial score (nSPS) is 14.3. The maximum absolute atomic E-state index is 12.9. The zero-order chi connectivity index (χ0) is 20.3. The highest BCUT2D eigenvalue weighted by Crippen LogP contribution is 2.47. The van der Waals surface area contributed by atoms with Crippen LogP contribution in [0, 0.1) is 5.41 Å². The Hall–Kier alpha value is -3.15. The molecule has 3 amide bonds. The Kier molecular flexibility index (Phi) is 5.49. The lowest BCUT2D eigenvalue weighted by atomic mass is 9.99. The molecule has 146 valence electrons. The molecule has 1 saturated carbocycles. The SMILES string of the molecule is CC(=O)Nc1cccc(NC(=O)C2(C(=O)Nc3ccccc3C(C)C)CC2)c1. The van der Waals surface area contributed by atoms with Gasteiger partial charge in [-0.05, 0) is 48.6 Å². The van der Waals surface area contributed by atoms with Crippen molar-refractivity contribution in [1.29, 1.82) is 0 Å². The predicted molar refractivity (Wildman–Crippen MR) is 110 cm³/mol. The number of nitrogens with one attached hydrogen (secondary N) is 3. The van der Waals surface area contributed by atoms with Crippen molar-refractivity contribution in [2.75, 3.05) is 16.0 Å². The van der Waals surface area contributed by atoms with Gasteiger partial charge in [0.15, 0.2) is 0 Å². The van der Waals surface area contributed by atoms with E-state index in [1.807, 2.05) is 24.3 Å². The van der Waals surface area contributed by atoms with Crippen molar-refractivity contribution in [3.63, 3.8) is 0 Å². The number of carbonyl (C=O) groups excluding carboxylic acids is 3. The second-order valence-electron chi connectivity index (χ2n) is 7.49. The highest BCUT2D eigenvalue weighted by molar-refractivity contribution is 6.17. The fourth-order valence-corrected chi connectivity index (χ4v) is 3.17. The molecular formula is C22H25N3O3. The molecule has 1 aliphatic carbocycles. The van der Waals surface area contributed by atoms with Crippen LogP contribution in [-0.2, 0) is 14.4 Å². The number of hydrogen-bond acceptors (Lipinski definition) is 3. The van der Waals surface area contributed by atoms with Crippen molar-refractivity contribution in [2.24, 2.45) is 5.41 Å². The van der Waals surface area contributed by atoms with E-state index in [1.54, 1.807) is 24.3 Å². The van der Waals surface area contributed by atoms with Crippen LogP contribution in [0.2, 0.25) is 0 Å². The van der Waals surface area contributed by atoms with Gasteiger partial charge >= 0.3 is 0 Å². The highest BCUT2D eigenvalue weighted by Gasteiger charge is 2.56. The molecule has 1 fully saturated rings. The molecule has 0 aromatic heterocycles. The number of benzene rings is 2. The Morgan fingerprint density at radius 3 is 2.07 bits per heavy atom. The monoisotopic (exact) mass is 379 g/mol. The lowest BCUT2D eigenvalue weighted by molar-refractivity contribution is -0.131. The first-order valence-corrected chi connectivity index (χ1v) is 9.41. The van der Waals surface area contributed by atoms with Gasteiger partial charge in [0, 0.05) is 24.0 Å². The van der Waals surface area contributed by atoms with Crippen LogP contribution in [0.3, 0.4) is 0 Å². The lowest BCUT2D eigenvalue weighted by Crippen LogP contribution is -2.35. The van der Waals surface area contributed by atoms with Crippen LogP contribution >= 0.6 is 0 Å². The molecule has 1 aliphatic rings. The standard InChI is InChI=1S/C22H25N3O3/c1-14(2)18-9-4-5-10-19(18)25-21(28)22(11-12-22)20(27)24-17-8-6-7-16(13-17)23-15(3)26/h4-10,13-14H,11-12H2,1-3H3,(H,23,26)(H,24,27)(H,25,28). The van der Waals surface area contributed by atoms with Crippen molar-refractivity contribution < 1.29 is 14.4 Å². The van der Waals surface area contributed by atoms with E-state index in [1.165, 1.54) is 6.92 Å². The maximum atomic E-state index is 12.9. The van der Waals surface area contributed by atoms with Crippen molar-refractivity contribution in [2.45, 2.75) is 39.5 Å². The first-order chi connectivity index (χ1) is 13.3. The van der Waals surface area contributed by atoms with Crippen LogP contribution in [0.1, 0.15) is 45.1 Å². The summed E-state index contributed by atoms with van der Waals surface area (Å²) in [6.07, 6.45) is 1.03. The zero-order valence-electron chi connectivity index (χ0n) is 16.3. The largest absolute Gasteiger partial charge is 0.326 e. The van der Waals surface area contributed by atoms with Crippen molar-refractivity contribution in [3.05, 3.63) is 54.1 Å². The Morgan fingerprint density at radius 2 is 1.46 bits per heavy atom. The second-order valence-corrected chi connectivity index (χ2v) is 7.49. The summed E-state index contributed by atoms with van der Waals surface area (Å²) in [6, 6.07) is 14.5. The molecule has 0 atom stereocenters. The minimum absolute atomic E-state index is 0.190. The van der Waals surface area contributed by atoms with Crippen LogP contribution in [0.25, 0.3) is 0 Å². The second kappa shape index (κ2) is 7.84. The van der Waals surface area contributed by atoms with Crippen LogP contribution in [0.5, 0.6) is 0 Å². The summed E-state index contributed by atoms with van der Waals surface area (Å²) in [4.78, 5) is 36.9. The van der Waals surface area contributed by atoms with Gasteiger partial charge in [-0.25, -0.2) is 0 Å². The lowest BCUT2D eigenvalue weighted by Gasteiger charge is -2.18. The van der Waals surface area contributed by atoms with Gasteiger partial charge in [-0.15, -0.1) is 0 Å². The quantitative estimate of drug-likeness (QED) is 0.660. The van der Waals surface area contributed by atoms with Crippen LogP contribution in [-0.4, -0.2) is 17.7 Å². The van der Waals surface area contributed by atoms with Gasteiger partial charge in [0.05, 0.1) is 0 Å². The first kappa shape index (κ1) is 19.6. The van der Waals surface area contributed by atoms with E-state index in [2.05, 4.69) is 29.8 Å². The fourth-order valence-electron chi connectivity index (χ4n) is 3.17. The summed E-state index contributed by atoms with van der Waals surface area (Å²) in [5.41, 5.74) is 1.86. The van der Waals surface area contributed by atoms with Gasteiger partial charge in [-0.3, -0.25) is 14.4 Å². The molecule has 0 saturated heterocycles. The molecule has 2 aromatic carbocycles. The molecule has 0 heterocycles. The Balaban J connectivity index is 1.72. The summed E-state index contributed by atoms with van der Waals surface area (Å²) in [5.74, 6) is -0.537. The third-order valence-corrected chi connectivity index (χ3v) is 4.89. The van der Waals surface area contributed by atoms with E-state index in [9.17, 15) is 14.4 Å². The maximum Gasteiger partial charge on any atom is 0.240 e. The van der Waals surface area contributed by atoms with E-state index in [0.29, 0.717) is 24.2 Å². The van der Waals surface area contributed by atoms with Gasteiger partial charge in [-0.1, -0.05) is 38.1 Å². The van der Waals surface area contributed by atoms with E-state index in [-0.39, 0.29) is 23.6 Å². The van der Waals surface area contributed by atoms with Crippen molar-refractivity contribution in [1.82, 2.24) is 0 Å². The molecule has 6 heteroatoms. The molecule has 28 heavy (non-hydrogen) atoms. The average Bonchev–Trinajstić information content (AvgIpc) is 3.44. The molecule has 0 spiro atoms. The molecule has 6 nitrogen and oxygen atoms in total. The smallest absolute Gasteiger partial charge is 0.240 e. The molecule has 0 bridgehead atoms. The fraction of sp³-hybridized carbons (Fsp3) is 0.318. The van der Waals surface area contributed by atoms with Crippen LogP contribution < -0.4 is 16.0 Å². The van der Waals surface area contributed by atoms with Gasteiger partial charge < -0.3 is 16.0 Å². The number of anilines is 3. The molecule has 0 radical (unpaired) electrons. The first-order valence-electron chi connectivity index (χ1n) is 9.41. The topological polar surface area (TPSA) is 87.3 Å². The highest BCUT2D eigenvalue weighted by atomic mass is 16.2. The van der Waals surface area contributed by atoms with Gasteiger partial charge in [0.2, 0.25) is 17.7 Å². The van der Waals surface area contributed by atoms with Gasteiger partial charge in [0.25, 0.3) is 0 Å². The summed E-state index contributed by atoms with van der Waals surface area (Å²) in [6.45, 7) is 5.54. The number of amides is 3. The minimum atomic E-state index is -1.05. The van der Waals surface area contributed by atoms with E-state index in [0.717, 1.165) is 11.3 Å². The third kappa shape index (κ3) is 4.22. The summed E-state index contributed by atoms with van der Waals surface area (Å²) < 4.78 is 0. The van der Waals surface area contributed by atoms with Crippen molar-refractivity contribution >= 4 is 34.8 Å². The van der Waals surface area contributed by atoms with Crippen LogP contribution in [0.4, 0.5) is 17.1 Å². The number of para-hydroxylation sites is 1. The minimum Gasteiger partial charge on any atom is -0.326 e. The van der Waals surface area contributed by atoms with E-state index < -0.39 is 5.41 Å². The number of carbonyl (C=O) groups is 3. The van der Waals surface area contributed by atoms with Gasteiger partial charge in [0.1, 0.15) is 5.41 Å². The molecular weight excluding hydrogens is 354 g/mol.